The topological polar surface area (TPSA) is 86.7 Å². The molecule has 156 valence electrons. The lowest BCUT2D eigenvalue weighted by atomic mass is 10.1. The van der Waals surface area contributed by atoms with E-state index in [0.29, 0.717) is 5.02 Å². The molecule has 2 atom stereocenters. The Kier molecular flexibility index (Phi) is 5.79. The first-order valence-corrected chi connectivity index (χ1v) is 11.4. The lowest BCUT2D eigenvalue weighted by molar-refractivity contribution is -0.124. The number of nitrogens with zero attached hydrogens (tertiary/aromatic N) is 1. The monoisotopic (exact) mass is 444 g/mol. The molecule has 0 saturated carbocycles. The van der Waals surface area contributed by atoms with Crippen LogP contribution in [0.2, 0.25) is 5.02 Å². The molecule has 1 saturated heterocycles. The van der Waals surface area contributed by atoms with Crippen molar-refractivity contribution in [2.75, 3.05) is 6.54 Å². The summed E-state index contributed by atoms with van der Waals surface area (Å²) in [7, 11) is -3.96. The van der Waals surface area contributed by atoms with E-state index in [-0.39, 0.29) is 24.4 Å². The maximum atomic E-state index is 13.3. The van der Waals surface area contributed by atoms with E-state index >= 15 is 0 Å². The number of β-amino-alcohol motifs (C(OH)–C–C–N with tert-alkyl or cyclic N) is 1. The Hall–Kier alpha value is -2.45. The molecular weight excluding hydrogens is 424 g/mol. The zero-order valence-electron chi connectivity index (χ0n) is 16.0. The van der Waals surface area contributed by atoms with Crippen LogP contribution in [0.5, 0.6) is 0 Å². The zero-order chi connectivity index (χ0) is 21.3. The van der Waals surface area contributed by atoms with Gasteiger partial charge in [0.25, 0.3) is 0 Å². The van der Waals surface area contributed by atoms with E-state index in [2.05, 4.69) is 5.32 Å². The van der Waals surface area contributed by atoms with E-state index in [1.165, 1.54) is 6.07 Å². The van der Waals surface area contributed by atoms with Gasteiger partial charge in [0, 0.05) is 24.5 Å². The molecule has 1 heterocycles. The van der Waals surface area contributed by atoms with E-state index < -0.39 is 28.1 Å². The van der Waals surface area contributed by atoms with Gasteiger partial charge in [0.1, 0.15) is 6.04 Å². The minimum absolute atomic E-state index is 0.0498. The highest BCUT2D eigenvalue weighted by Gasteiger charge is 2.43. The van der Waals surface area contributed by atoms with Crippen LogP contribution in [0.4, 0.5) is 0 Å². The number of aliphatic hydroxyl groups excluding tert-OH is 1. The number of nitrogens with one attached hydrogen (secondary N) is 1. The minimum atomic E-state index is -3.96. The Morgan fingerprint density at radius 3 is 2.60 bits per heavy atom. The second kappa shape index (κ2) is 8.35. The van der Waals surface area contributed by atoms with Crippen molar-refractivity contribution in [1.82, 2.24) is 9.62 Å². The number of carbonyl (C=O) groups is 1. The summed E-state index contributed by atoms with van der Waals surface area (Å²) in [5.41, 5.74) is 0.804. The number of hydrogen-bond donors (Lipinski definition) is 2. The van der Waals surface area contributed by atoms with E-state index in [1.54, 1.807) is 30.3 Å². The molecule has 0 spiro atoms. The number of hydrogen-bond acceptors (Lipinski definition) is 4. The highest BCUT2D eigenvalue weighted by molar-refractivity contribution is 7.89. The number of fused-ring (bicyclic) bond motifs is 1. The van der Waals surface area contributed by atoms with E-state index in [4.69, 9.17) is 11.6 Å². The summed E-state index contributed by atoms with van der Waals surface area (Å²) < 4.78 is 27.6. The van der Waals surface area contributed by atoms with Gasteiger partial charge in [-0.2, -0.15) is 4.31 Å². The second-order valence-corrected chi connectivity index (χ2v) is 9.66. The van der Waals surface area contributed by atoms with Crippen molar-refractivity contribution in [1.29, 1.82) is 0 Å². The van der Waals surface area contributed by atoms with Crippen molar-refractivity contribution in [2.24, 2.45) is 0 Å². The molecular formula is C22H21ClN2O4S. The standard InChI is InChI=1S/C22H21ClN2O4S/c23-18-7-3-4-15(10-18)13-24-22(27)21-12-19(26)14-25(21)30(28,29)20-9-8-16-5-1-2-6-17(16)11-20/h1-11,19,21,26H,12-14H2,(H,24,27). The fraction of sp³-hybridized carbons (Fsp3) is 0.227. The van der Waals surface area contributed by atoms with Crippen LogP contribution in [-0.4, -0.2) is 42.4 Å². The average molecular weight is 445 g/mol. The van der Waals surface area contributed by atoms with Gasteiger partial charge in [-0.05, 0) is 40.6 Å². The lowest BCUT2D eigenvalue weighted by Crippen LogP contribution is -2.45. The van der Waals surface area contributed by atoms with Gasteiger partial charge < -0.3 is 10.4 Å². The van der Waals surface area contributed by atoms with Crippen LogP contribution in [0.1, 0.15) is 12.0 Å². The first-order valence-electron chi connectivity index (χ1n) is 9.55. The molecule has 0 bridgehead atoms. The number of sulfonamides is 1. The summed E-state index contributed by atoms with van der Waals surface area (Å²) in [6, 6.07) is 18.4. The Bertz CT molecular complexity index is 1200. The Labute approximate surface area is 180 Å². The summed E-state index contributed by atoms with van der Waals surface area (Å²) in [6.45, 7) is 0.0975. The predicted molar refractivity (Wildman–Crippen MR) is 116 cm³/mol. The number of halogens is 1. The van der Waals surface area contributed by atoms with Gasteiger partial charge in [-0.1, -0.05) is 54.1 Å². The molecule has 1 aliphatic rings. The number of carbonyl (C=O) groups excluding carboxylic acids is 1. The maximum Gasteiger partial charge on any atom is 0.243 e. The molecule has 6 nitrogen and oxygen atoms in total. The molecule has 30 heavy (non-hydrogen) atoms. The van der Waals surface area contributed by atoms with Crippen molar-refractivity contribution < 1.29 is 18.3 Å². The molecule has 0 radical (unpaired) electrons. The summed E-state index contributed by atoms with van der Waals surface area (Å²) in [6.07, 6.45) is -0.851. The molecule has 1 aliphatic heterocycles. The van der Waals surface area contributed by atoms with Gasteiger partial charge in [-0.3, -0.25) is 4.79 Å². The number of aliphatic hydroxyl groups is 1. The second-order valence-electron chi connectivity index (χ2n) is 7.34. The third-order valence-electron chi connectivity index (χ3n) is 5.22. The van der Waals surface area contributed by atoms with Crippen molar-refractivity contribution in [3.05, 3.63) is 77.3 Å². The van der Waals surface area contributed by atoms with Gasteiger partial charge in [0.15, 0.2) is 0 Å². The minimum Gasteiger partial charge on any atom is -0.392 e. The van der Waals surface area contributed by atoms with Gasteiger partial charge in [-0.25, -0.2) is 8.42 Å². The van der Waals surface area contributed by atoms with Crippen LogP contribution >= 0.6 is 11.6 Å². The van der Waals surface area contributed by atoms with Crippen LogP contribution in [0.15, 0.2) is 71.6 Å². The van der Waals surface area contributed by atoms with Gasteiger partial charge in [0.2, 0.25) is 15.9 Å². The largest absolute Gasteiger partial charge is 0.392 e. The van der Waals surface area contributed by atoms with Crippen LogP contribution in [0.3, 0.4) is 0 Å². The SMILES string of the molecule is O=C(NCc1cccc(Cl)c1)C1CC(O)CN1S(=O)(=O)c1ccc2ccccc2c1. The van der Waals surface area contributed by atoms with Gasteiger partial charge in [0.05, 0.1) is 11.0 Å². The molecule has 3 aromatic rings. The first-order chi connectivity index (χ1) is 14.3. The van der Waals surface area contributed by atoms with Crippen LogP contribution in [0.25, 0.3) is 10.8 Å². The molecule has 0 aromatic heterocycles. The highest BCUT2D eigenvalue weighted by Crippen LogP contribution is 2.28. The molecule has 1 fully saturated rings. The Morgan fingerprint density at radius 1 is 1.07 bits per heavy atom. The smallest absolute Gasteiger partial charge is 0.243 e. The van der Waals surface area contributed by atoms with Gasteiger partial charge in [-0.15, -0.1) is 0 Å². The predicted octanol–water partition coefficient (Wildman–Crippen LogP) is 2.93. The summed E-state index contributed by atoms with van der Waals surface area (Å²) >= 11 is 5.97. The van der Waals surface area contributed by atoms with Crippen molar-refractivity contribution >= 4 is 38.3 Å². The summed E-state index contributed by atoms with van der Waals surface area (Å²) in [5.74, 6) is -0.448. The zero-order valence-corrected chi connectivity index (χ0v) is 17.6. The normalized spacial score (nSPS) is 19.8. The van der Waals surface area contributed by atoms with E-state index in [0.717, 1.165) is 20.6 Å². The van der Waals surface area contributed by atoms with Crippen molar-refractivity contribution in [3.63, 3.8) is 0 Å². The lowest BCUT2D eigenvalue weighted by Gasteiger charge is -2.23. The Morgan fingerprint density at radius 2 is 1.83 bits per heavy atom. The van der Waals surface area contributed by atoms with E-state index in [1.807, 2.05) is 30.3 Å². The fourth-order valence-electron chi connectivity index (χ4n) is 3.71. The van der Waals surface area contributed by atoms with Crippen molar-refractivity contribution in [3.8, 4) is 0 Å². The Balaban J connectivity index is 1.56. The quantitative estimate of drug-likeness (QED) is 0.633. The maximum absolute atomic E-state index is 13.3. The third-order valence-corrected chi connectivity index (χ3v) is 7.33. The molecule has 2 N–H and O–H groups in total. The summed E-state index contributed by atoms with van der Waals surface area (Å²) in [4.78, 5) is 12.9. The average Bonchev–Trinajstić information content (AvgIpc) is 3.14. The first kappa shape index (κ1) is 20.8. The number of rotatable bonds is 5. The molecule has 3 aromatic carbocycles. The highest BCUT2D eigenvalue weighted by atomic mass is 35.5. The third kappa shape index (κ3) is 4.20. The molecule has 8 heteroatoms. The number of benzene rings is 3. The van der Waals surface area contributed by atoms with Crippen molar-refractivity contribution in [2.45, 2.75) is 30.0 Å². The molecule has 0 aliphatic carbocycles. The molecule has 4 rings (SSSR count). The molecule has 2 unspecified atom stereocenters. The summed E-state index contributed by atoms with van der Waals surface area (Å²) in [5, 5.41) is 15.1. The fourth-order valence-corrected chi connectivity index (χ4v) is 5.59. The van der Waals surface area contributed by atoms with Gasteiger partial charge >= 0.3 is 0 Å². The van der Waals surface area contributed by atoms with Crippen LogP contribution < -0.4 is 5.32 Å². The van der Waals surface area contributed by atoms with Crippen LogP contribution in [-0.2, 0) is 21.4 Å². The molecule has 1 amide bonds. The number of amides is 1. The van der Waals surface area contributed by atoms with E-state index in [9.17, 15) is 18.3 Å². The van der Waals surface area contributed by atoms with Crippen LogP contribution in [0, 0.1) is 0 Å².